The number of carboxylic acid groups (broad SMARTS) is 1. The summed E-state index contributed by atoms with van der Waals surface area (Å²) in [6.07, 6.45) is -4.35. The van der Waals surface area contributed by atoms with Crippen LogP contribution in [0.4, 0.5) is 23.7 Å². The second-order valence-corrected chi connectivity index (χ2v) is 6.83. The molecule has 3 rings (SSSR count). The number of alkyl halides is 3. The van der Waals surface area contributed by atoms with Gasteiger partial charge in [-0.3, -0.25) is 9.88 Å². The van der Waals surface area contributed by atoms with Gasteiger partial charge in [0.15, 0.2) is 0 Å². The normalized spacial score (nSPS) is 11.3. The standard InChI is InChI=1S/C21H16ClF3N2O2/c1-13-5-6-16(11-26-13)15-4-2-3-14(9-15)12-27(20(28)29)17-7-8-19(22)18(10-17)21(23,24)25/h2-11H,12H2,1H3,(H,28,29). The highest BCUT2D eigenvalue weighted by Gasteiger charge is 2.34. The summed E-state index contributed by atoms with van der Waals surface area (Å²) < 4.78 is 39.4. The Morgan fingerprint density at radius 2 is 1.86 bits per heavy atom. The molecule has 0 bridgehead atoms. The van der Waals surface area contributed by atoms with Crippen molar-refractivity contribution in [2.75, 3.05) is 4.90 Å². The summed E-state index contributed by atoms with van der Waals surface area (Å²) in [5.74, 6) is 0. The number of amides is 1. The summed E-state index contributed by atoms with van der Waals surface area (Å²) in [5, 5.41) is 9.08. The lowest BCUT2D eigenvalue weighted by atomic mass is 10.0. The molecule has 0 aliphatic carbocycles. The van der Waals surface area contributed by atoms with Crippen LogP contribution in [0, 0.1) is 6.92 Å². The topological polar surface area (TPSA) is 53.4 Å². The maximum absolute atomic E-state index is 13.1. The first-order chi connectivity index (χ1) is 13.6. The van der Waals surface area contributed by atoms with Gasteiger partial charge in [-0.2, -0.15) is 13.2 Å². The van der Waals surface area contributed by atoms with E-state index < -0.39 is 22.9 Å². The first-order valence-corrected chi connectivity index (χ1v) is 8.92. The van der Waals surface area contributed by atoms with Crippen molar-refractivity contribution in [3.8, 4) is 11.1 Å². The number of nitrogens with zero attached hydrogens (tertiary/aromatic N) is 2. The van der Waals surface area contributed by atoms with Crippen LogP contribution >= 0.6 is 11.6 Å². The predicted octanol–water partition coefficient (Wildman–Crippen LogP) is 6.41. The molecule has 0 atom stereocenters. The number of halogens is 4. The Hall–Kier alpha value is -3.06. The van der Waals surface area contributed by atoms with Gasteiger partial charge in [-0.05, 0) is 48.4 Å². The highest BCUT2D eigenvalue weighted by atomic mass is 35.5. The van der Waals surface area contributed by atoms with Crippen molar-refractivity contribution in [1.29, 1.82) is 0 Å². The zero-order valence-electron chi connectivity index (χ0n) is 15.2. The number of pyridine rings is 1. The van der Waals surface area contributed by atoms with Gasteiger partial charge in [0.1, 0.15) is 0 Å². The first kappa shape index (κ1) is 20.7. The van der Waals surface area contributed by atoms with Crippen molar-refractivity contribution in [3.63, 3.8) is 0 Å². The van der Waals surface area contributed by atoms with Crippen LogP contribution in [0.5, 0.6) is 0 Å². The lowest BCUT2D eigenvalue weighted by Crippen LogP contribution is -2.29. The van der Waals surface area contributed by atoms with E-state index in [4.69, 9.17) is 11.6 Å². The molecule has 150 valence electrons. The third-order valence-electron chi connectivity index (χ3n) is 4.31. The van der Waals surface area contributed by atoms with Crippen LogP contribution in [0.15, 0.2) is 60.8 Å². The third-order valence-corrected chi connectivity index (χ3v) is 4.64. The molecule has 29 heavy (non-hydrogen) atoms. The van der Waals surface area contributed by atoms with E-state index in [1.807, 2.05) is 25.1 Å². The van der Waals surface area contributed by atoms with Gasteiger partial charge < -0.3 is 5.11 Å². The summed E-state index contributed by atoms with van der Waals surface area (Å²) in [7, 11) is 0. The van der Waals surface area contributed by atoms with Crippen molar-refractivity contribution in [2.45, 2.75) is 19.6 Å². The van der Waals surface area contributed by atoms with Crippen molar-refractivity contribution in [3.05, 3.63) is 82.6 Å². The number of rotatable bonds is 4. The Morgan fingerprint density at radius 1 is 1.10 bits per heavy atom. The molecule has 0 unspecified atom stereocenters. The summed E-state index contributed by atoms with van der Waals surface area (Å²) in [6.45, 7) is 1.74. The number of hydrogen-bond donors (Lipinski definition) is 1. The second-order valence-electron chi connectivity index (χ2n) is 6.42. The average Bonchev–Trinajstić information content (AvgIpc) is 2.66. The van der Waals surface area contributed by atoms with Gasteiger partial charge in [-0.25, -0.2) is 4.79 Å². The second kappa shape index (κ2) is 8.13. The lowest BCUT2D eigenvalue weighted by Gasteiger charge is -2.21. The highest BCUT2D eigenvalue weighted by Crippen LogP contribution is 2.37. The maximum Gasteiger partial charge on any atom is 0.417 e. The molecule has 2 aromatic carbocycles. The minimum absolute atomic E-state index is 0.114. The van der Waals surface area contributed by atoms with E-state index in [0.29, 0.717) is 5.56 Å². The minimum atomic E-state index is -4.68. The molecule has 3 aromatic rings. The van der Waals surface area contributed by atoms with E-state index in [1.54, 1.807) is 24.4 Å². The highest BCUT2D eigenvalue weighted by molar-refractivity contribution is 6.31. The molecule has 0 radical (unpaired) electrons. The molecule has 0 saturated carbocycles. The molecular weight excluding hydrogens is 405 g/mol. The van der Waals surface area contributed by atoms with Crippen LogP contribution in [0.1, 0.15) is 16.8 Å². The number of hydrogen-bond acceptors (Lipinski definition) is 2. The van der Waals surface area contributed by atoms with E-state index in [1.165, 1.54) is 6.07 Å². The van der Waals surface area contributed by atoms with E-state index in [0.717, 1.165) is 33.9 Å². The largest absolute Gasteiger partial charge is 0.465 e. The van der Waals surface area contributed by atoms with Gasteiger partial charge in [-0.15, -0.1) is 0 Å². The quantitative estimate of drug-likeness (QED) is 0.530. The molecule has 0 saturated heterocycles. The molecule has 1 aromatic heterocycles. The first-order valence-electron chi connectivity index (χ1n) is 8.54. The van der Waals surface area contributed by atoms with Crippen molar-refractivity contribution >= 4 is 23.4 Å². The van der Waals surface area contributed by atoms with Crippen LogP contribution in [-0.2, 0) is 12.7 Å². The van der Waals surface area contributed by atoms with Crippen LogP contribution in [0.3, 0.4) is 0 Å². The summed E-state index contributed by atoms with van der Waals surface area (Å²) in [5.41, 5.74) is 1.97. The van der Waals surface area contributed by atoms with Crippen LogP contribution < -0.4 is 4.90 Å². The molecule has 8 heteroatoms. The molecule has 0 aliphatic rings. The third kappa shape index (κ3) is 4.86. The molecule has 4 nitrogen and oxygen atoms in total. The van der Waals surface area contributed by atoms with Gasteiger partial charge in [0.25, 0.3) is 0 Å². The predicted molar refractivity (Wildman–Crippen MR) is 105 cm³/mol. The molecule has 1 heterocycles. The fourth-order valence-electron chi connectivity index (χ4n) is 2.84. The summed E-state index contributed by atoms with van der Waals surface area (Å²) in [4.78, 5) is 16.8. The van der Waals surface area contributed by atoms with E-state index in [-0.39, 0.29) is 12.2 Å². The molecule has 0 aliphatic heterocycles. The van der Waals surface area contributed by atoms with Crippen molar-refractivity contribution in [1.82, 2.24) is 4.98 Å². The maximum atomic E-state index is 13.1. The molecular formula is C21H16ClF3N2O2. The fraction of sp³-hybridized carbons (Fsp3) is 0.143. The van der Waals surface area contributed by atoms with E-state index in [2.05, 4.69) is 4.98 Å². The van der Waals surface area contributed by atoms with Gasteiger partial charge in [0, 0.05) is 23.1 Å². The average molecular weight is 421 g/mol. The SMILES string of the molecule is Cc1ccc(-c2cccc(CN(C(=O)O)c3ccc(Cl)c(C(F)(F)F)c3)c2)cn1. The number of aryl methyl sites for hydroxylation is 1. The van der Waals surface area contributed by atoms with Gasteiger partial charge in [0.05, 0.1) is 17.1 Å². The molecule has 0 fully saturated rings. The molecule has 1 amide bonds. The van der Waals surface area contributed by atoms with Crippen LogP contribution in [-0.4, -0.2) is 16.2 Å². The Bertz CT molecular complexity index is 1040. The minimum Gasteiger partial charge on any atom is -0.465 e. The summed E-state index contributed by atoms with van der Waals surface area (Å²) in [6, 6.07) is 13.9. The zero-order valence-corrected chi connectivity index (χ0v) is 16.0. The lowest BCUT2D eigenvalue weighted by molar-refractivity contribution is -0.137. The molecule has 0 spiro atoms. The number of carbonyl (C=O) groups is 1. The Kier molecular flexibility index (Phi) is 5.79. The molecule has 1 N–H and O–H groups in total. The van der Waals surface area contributed by atoms with Gasteiger partial charge in [-0.1, -0.05) is 35.9 Å². The van der Waals surface area contributed by atoms with Crippen LogP contribution in [0.25, 0.3) is 11.1 Å². The van der Waals surface area contributed by atoms with E-state index >= 15 is 0 Å². The van der Waals surface area contributed by atoms with Crippen molar-refractivity contribution in [2.24, 2.45) is 0 Å². The Morgan fingerprint density at radius 3 is 2.48 bits per heavy atom. The van der Waals surface area contributed by atoms with Gasteiger partial charge >= 0.3 is 12.3 Å². The smallest absolute Gasteiger partial charge is 0.417 e. The Labute approximate surface area is 170 Å². The van der Waals surface area contributed by atoms with Crippen molar-refractivity contribution < 1.29 is 23.1 Å². The fourth-order valence-corrected chi connectivity index (χ4v) is 3.06. The van der Waals surface area contributed by atoms with Crippen LogP contribution in [0.2, 0.25) is 5.02 Å². The van der Waals surface area contributed by atoms with Gasteiger partial charge in [0.2, 0.25) is 0 Å². The number of benzene rings is 2. The number of aromatic nitrogens is 1. The monoisotopic (exact) mass is 420 g/mol. The number of anilines is 1. The summed E-state index contributed by atoms with van der Waals surface area (Å²) >= 11 is 5.63. The Balaban J connectivity index is 1.94. The zero-order chi connectivity index (χ0) is 21.2. The van der Waals surface area contributed by atoms with E-state index in [9.17, 15) is 23.1 Å².